The minimum atomic E-state index is -3.38. The highest BCUT2D eigenvalue weighted by molar-refractivity contribution is 7.92. The topological polar surface area (TPSA) is 71.0 Å². The third kappa shape index (κ3) is 3.86. The van der Waals surface area contributed by atoms with Gasteiger partial charge in [0.15, 0.2) is 0 Å². The summed E-state index contributed by atoms with van der Waals surface area (Å²) < 4.78 is 45.4. The fourth-order valence-electron chi connectivity index (χ4n) is 4.03. The molecule has 0 fully saturated rings. The van der Waals surface area contributed by atoms with Crippen LogP contribution in [0.2, 0.25) is 0 Å². The molecule has 2 atom stereocenters. The fraction of sp³-hybridized carbons (Fsp3) is 0.174. The average molecular weight is 437 g/mol. The van der Waals surface area contributed by atoms with E-state index < -0.39 is 16.3 Å². The Bertz CT molecular complexity index is 1280. The molecule has 0 aromatic heterocycles. The first kappa shape index (κ1) is 19.6. The van der Waals surface area contributed by atoms with Gasteiger partial charge in [-0.2, -0.15) is 5.10 Å². The molecule has 0 bridgehead atoms. The number of hydrogen-bond acceptors (Lipinski definition) is 5. The average Bonchev–Trinajstić information content (AvgIpc) is 3.19. The van der Waals surface area contributed by atoms with E-state index in [1.807, 2.05) is 35.3 Å². The van der Waals surface area contributed by atoms with Crippen LogP contribution in [0, 0.1) is 5.82 Å². The molecule has 0 saturated heterocycles. The molecule has 2 unspecified atom stereocenters. The minimum absolute atomic E-state index is 0.0403. The van der Waals surface area contributed by atoms with Crippen molar-refractivity contribution in [3.8, 4) is 5.75 Å². The Kier molecular flexibility index (Phi) is 4.66. The molecule has 3 aromatic rings. The number of nitrogens with one attached hydrogen (secondary N) is 1. The van der Waals surface area contributed by atoms with Crippen LogP contribution < -0.4 is 9.46 Å². The standard InChI is InChI=1S/C23H20FN3O3S/c1-31(28,29)26-18-6-4-5-16(13-18)20-14-21-19-7-2-3-8-22(19)30-23(27(21)25-20)15-9-11-17(24)12-10-15/h2-13,21,23,26H,14H2,1H3. The van der Waals surface area contributed by atoms with Crippen LogP contribution in [0.4, 0.5) is 10.1 Å². The predicted molar refractivity (Wildman–Crippen MR) is 117 cm³/mol. The molecule has 2 aliphatic heterocycles. The molecule has 3 aromatic carbocycles. The molecule has 0 amide bonds. The largest absolute Gasteiger partial charge is 0.464 e. The van der Waals surface area contributed by atoms with Crippen molar-refractivity contribution < 1.29 is 17.5 Å². The molecule has 8 heteroatoms. The van der Waals surface area contributed by atoms with Gasteiger partial charge in [0.2, 0.25) is 16.3 Å². The van der Waals surface area contributed by atoms with Crippen molar-refractivity contribution in [3.63, 3.8) is 0 Å². The van der Waals surface area contributed by atoms with Crippen molar-refractivity contribution in [1.82, 2.24) is 5.01 Å². The fourth-order valence-corrected chi connectivity index (χ4v) is 4.59. The summed E-state index contributed by atoms with van der Waals surface area (Å²) in [6.07, 6.45) is 1.27. The zero-order valence-electron chi connectivity index (χ0n) is 16.7. The van der Waals surface area contributed by atoms with Gasteiger partial charge in [0.1, 0.15) is 11.6 Å². The molecule has 0 aliphatic carbocycles. The SMILES string of the molecule is CS(=O)(=O)Nc1cccc(C2=NN3C(C2)c2ccccc2OC3c2ccc(F)cc2)c1. The molecule has 6 nitrogen and oxygen atoms in total. The molecular formula is C23H20FN3O3S. The Hall–Kier alpha value is -3.39. The second kappa shape index (κ2) is 7.39. The number of hydrazone groups is 1. The smallest absolute Gasteiger partial charge is 0.229 e. The van der Waals surface area contributed by atoms with Crippen LogP contribution in [0.15, 0.2) is 77.9 Å². The Morgan fingerprint density at radius 3 is 2.61 bits per heavy atom. The van der Waals surface area contributed by atoms with Crippen LogP contribution >= 0.6 is 0 Å². The van der Waals surface area contributed by atoms with E-state index in [9.17, 15) is 12.8 Å². The molecule has 0 saturated carbocycles. The number of hydrogen-bond donors (Lipinski definition) is 1. The van der Waals surface area contributed by atoms with Gasteiger partial charge in [-0.05, 0) is 35.9 Å². The van der Waals surface area contributed by atoms with Crippen LogP contribution in [0.3, 0.4) is 0 Å². The van der Waals surface area contributed by atoms with Crippen LogP contribution in [-0.4, -0.2) is 25.4 Å². The minimum Gasteiger partial charge on any atom is -0.464 e. The second-order valence-electron chi connectivity index (χ2n) is 7.66. The molecule has 158 valence electrons. The molecule has 0 radical (unpaired) electrons. The van der Waals surface area contributed by atoms with Crippen molar-refractivity contribution in [2.24, 2.45) is 5.10 Å². The van der Waals surface area contributed by atoms with Crippen molar-refractivity contribution in [2.75, 3.05) is 11.0 Å². The van der Waals surface area contributed by atoms with Gasteiger partial charge in [-0.15, -0.1) is 0 Å². The van der Waals surface area contributed by atoms with E-state index in [0.29, 0.717) is 12.1 Å². The lowest BCUT2D eigenvalue weighted by molar-refractivity contribution is -0.0190. The first-order valence-electron chi connectivity index (χ1n) is 9.82. The number of fused-ring (bicyclic) bond motifs is 3. The summed E-state index contributed by atoms with van der Waals surface area (Å²) in [5, 5.41) is 6.76. The Labute approximate surface area is 180 Å². The van der Waals surface area contributed by atoms with Crippen LogP contribution in [-0.2, 0) is 10.0 Å². The monoisotopic (exact) mass is 437 g/mol. The first-order valence-corrected chi connectivity index (χ1v) is 11.7. The van der Waals surface area contributed by atoms with Crippen LogP contribution in [0.1, 0.15) is 35.4 Å². The highest BCUT2D eigenvalue weighted by Crippen LogP contribution is 2.47. The number of para-hydroxylation sites is 1. The summed E-state index contributed by atoms with van der Waals surface area (Å²) in [5.41, 5.74) is 3.98. The number of ether oxygens (including phenoxy) is 1. The van der Waals surface area contributed by atoms with E-state index in [0.717, 1.165) is 34.4 Å². The summed E-state index contributed by atoms with van der Waals surface area (Å²) in [6, 6.07) is 21.2. The molecule has 31 heavy (non-hydrogen) atoms. The molecule has 1 N–H and O–H groups in total. The van der Waals surface area contributed by atoms with Crippen molar-refractivity contribution in [1.29, 1.82) is 0 Å². The number of nitrogens with zero attached hydrogens (tertiary/aromatic N) is 2. The molecule has 2 aliphatic rings. The second-order valence-corrected chi connectivity index (χ2v) is 9.41. The van der Waals surface area contributed by atoms with Crippen molar-refractivity contribution >= 4 is 21.4 Å². The van der Waals surface area contributed by atoms with E-state index in [1.54, 1.807) is 30.3 Å². The predicted octanol–water partition coefficient (Wildman–Crippen LogP) is 4.44. The summed E-state index contributed by atoms with van der Waals surface area (Å²) in [6.45, 7) is 0. The molecule has 0 spiro atoms. The van der Waals surface area contributed by atoms with Gasteiger partial charge in [0, 0.05) is 23.2 Å². The number of benzene rings is 3. The number of sulfonamides is 1. The summed E-state index contributed by atoms with van der Waals surface area (Å²) in [7, 11) is -3.38. The van der Waals surface area contributed by atoms with E-state index in [-0.39, 0.29) is 11.9 Å². The van der Waals surface area contributed by atoms with Crippen molar-refractivity contribution in [3.05, 3.63) is 95.3 Å². The number of rotatable bonds is 4. The number of halogens is 1. The van der Waals surface area contributed by atoms with Gasteiger partial charge in [0.25, 0.3) is 0 Å². The van der Waals surface area contributed by atoms with E-state index in [1.165, 1.54) is 12.1 Å². The first-order chi connectivity index (χ1) is 14.9. The van der Waals surface area contributed by atoms with Gasteiger partial charge in [-0.25, -0.2) is 17.8 Å². The van der Waals surface area contributed by atoms with Gasteiger partial charge in [0.05, 0.1) is 18.0 Å². The Balaban J connectivity index is 1.54. The lowest BCUT2D eigenvalue weighted by Gasteiger charge is -2.38. The van der Waals surface area contributed by atoms with Crippen LogP contribution in [0.25, 0.3) is 0 Å². The zero-order chi connectivity index (χ0) is 21.6. The highest BCUT2D eigenvalue weighted by Gasteiger charge is 2.40. The van der Waals surface area contributed by atoms with Gasteiger partial charge >= 0.3 is 0 Å². The lowest BCUT2D eigenvalue weighted by atomic mass is 9.96. The number of anilines is 1. The summed E-state index contributed by atoms with van der Waals surface area (Å²) in [4.78, 5) is 0. The quantitative estimate of drug-likeness (QED) is 0.655. The van der Waals surface area contributed by atoms with Crippen LogP contribution in [0.5, 0.6) is 5.75 Å². The van der Waals surface area contributed by atoms with Gasteiger partial charge < -0.3 is 4.74 Å². The Morgan fingerprint density at radius 1 is 1.06 bits per heavy atom. The highest BCUT2D eigenvalue weighted by atomic mass is 32.2. The van der Waals surface area contributed by atoms with Gasteiger partial charge in [-0.3, -0.25) is 4.72 Å². The maximum atomic E-state index is 13.5. The summed E-state index contributed by atoms with van der Waals surface area (Å²) in [5.74, 6) is 0.472. The molecular weight excluding hydrogens is 417 g/mol. The summed E-state index contributed by atoms with van der Waals surface area (Å²) >= 11 is 0. The third-order valence-corrected chi connectivity index (χ3v) is 5.96. The Morgan fingerprint density at radius 2 is 1.84 bits per heavy atom. The zero-order valence-corrected chi connectivity index (χ0v) is 17.5. The maximum Gasteiger partial charge on any atom is 0.229 e. The molecule has 2 heterocycles. The third-order valence-electron chi connectivity index (χ3n) is 5.35. The van der Waals surface area contributed by atoms with Gasteiger partial charge in [-0.1, -0.05) is 42.5 Å². The lowest BCUT2D eigenvalue weighted by Crippen LogP contribution is -2.33. The molecule has 5 rings (SSSR count). The van der Waals surface area contributed by atoms with E-state index in [2.05, 4.69) is 4.72 Å². The normalized spacial score (nSPS) is 19.8. The maximum absolute atomic E-state index is 13.5. The van der Waals surface area contributed by atoms with E-state index in [4.69, 9.17) is 9.84 Å². The van der Waals surface area contributed by atoms with E-state index >= 15 is 0 Å². The van der Waals surface area contributed by atoms with Crippen molar-refractivity contribution in [2.45, 2.75) is 18.7 Å².